The maximum absolute atomic E-state index is 6.20. The van der Waals surface area contributed by atoms with E-state index in [0.717, 1.165) is 21.5 Å². The predicted octanol–water partition coefficient (Wildman–Crippen LogP) is 3.51. The summed E-state index contributed by atoms with van der Waals surface area (Å²) in [5.41, 5.74) is 2.21. The molecule has 2 aromatic rings. The zero-order valence-electron chi connectivity index (χ0n) is 8.56. The van der Waals surface area contributed by atoms with Crippen LogP contribution in [0.2, 0.25) is 5.02 Å². The molecule has 0 radical (unpaired) electrons. The fraction of sp³-hybridized carbons (Fsp3) is 0.364. The van der Waals surface area contributed by atoms with E-state index in [2.05, 4.69) is 31.0 Å². The number of rotatable bonds is 0. The quantitative estimate of drug-likeness (QED) is 0.705. The average molecular weight is 209 g/mol. The highest BCUT2D eigenvalue weighted by atomic mass is 35.5. The highest BCUT2D eigenvalue weighted by Crippen LogP contribution is 2.34. The number of hydrogen-bond donors (Lipinski definition) is 1. The van der Waals surface area contributed by atoms with Crippen molar-refractivity contribution >= 4 is 22.5 Å². The van der Waals surface area contributed by atoms with E-state index in [1.807, 2.05) is 18.3 Å². The summed E-state index contributed by atoms with van der Waals surface area (Å²) in [5.74, 6) is 0. The molecule has 0 atom stereocenters. The van der Waals surface area contributed by atoms with Crippen molar-refractivity contribution in [3.63, 3.8) is 0 Å². The first-order valence-corrected chi connectivity index (χ1v) is 5.00. The van der Waals surface area contributed by atoms with Crippen LogP contribution < -0.4 is 0 Å². The maximum atomic E-state index is 6.20. The number of benzene rings is 1. The largest absolute Gasteiger partial charge is 0.277 e. The smallest absolute Gasteiger partial charge is 0.0702 e. The van der Waals surface area contributed by atoms with E-state index in [4.69, 9.17) is 11.6 Å². The highest BCUT2D eigenvalue weighted by molar-refractivity contribution is 6.32. The van der Waals surface area contributed by atoms with Gasteiger partial charge in [-0.25, -0.2) is 0 Å². The lowest BCUT2D eigenvalue weighted by Gasteiger charge is -2.21. The van der Waals surface area contributed by atoms with Gasteiger partial charge in [-0.2, -0.15) is 5.10 Å². The van der Waals surface area contributed by atoms with Crippen LogP contribution in [0.3, 0.4) is 0 Å². The Hall–Kier alpha value is -1.02. The first-order valence-electron chi connectivity index (χ1n) is 4.62. The highest BCUT2D eigenvalue weighted by Gasteiger charge is 2.21. The number of fused-ring (bicyclic) bond motifs is 1. The van der Waals surface area contributed by atoms with Crippen LogP contribution >= 0.6 is 11.6 Å². The van der Waals surface area contributed by atoms with Crippen molar-refractivity contribution in [2.45, 2.75) is 26.2 Å². The fourth-order valence-corrected chi connectivity index (χ4v) is 2.16. The number of halogens is 1. The van der Waals surface area contributed by atoms with Gasteiger partial charge in [0.05, 0.1) is 11.7 Å². The molecule has 0 saturated heterocycles. The Morgan fingerprint density at radius 2 is 2.00 bits per heavy atom. The van der Waals surface area contributed by atoms with Gasteiger partial charge in [0.2, 0.25) is 0 Å². The van der Waals surface area contributed by atoms with Gasteiger partial charge in [0, 0.05) is 16.0 Å². The van der Waals surface area contributed by atoms with Gasteiger partial charge in [0.25, 0.3) is 0 Å². The summed E-state index contributed by atoms with van der Waals surface area (Å²) >= 11 is 6.20. The van der Waals surface area contributed by atoms with Gasteiger partial charge in [0.15, 0.2) is 0 Å². The van der Waals surface area contributed by atoms with Crippen molar-refractivity contribution in [3.8, 4) is 0 Å². The third kappa shape index (κ3) is 1.40. The summed E-state index contributed by atoms with van der Waals surface area (Å²) in [7, 11) is 0. The molecule has 2 rings (SSSR count). The molecule has 0 saturated carbocycles. The standard InChI is InChI=1S/C11H13ClN2/c1-11(2,3)9-8(12)5-4-7-6-13-14-10(7)9/h4-6H,1-3H3,(H,13,14). The van der Waals surface area contributed by atoms with Crippen LogP contribution in [0, 0.1) is 0 Å². The number of nitrogens with one attached hydrogen (secondary N) is 1. The lowest BCUT2D eigenvalue weighted by molar-refractivity contribution is 0.594. The van der Waals surface area contributed by atoms with Crippen LogP contribution in [0.5, 0.6) is 0 Å². The Morgan fingerprint density at radius 3 is 2.64 bits per heavy atom. The molecule has 0 amide bonds. The minimum absolute atomic E-state index is 0.0309. The summed E-state index contributed by atoms with van der Waals surface area (Å²) in [6.07, 6.45) is 1.82. The van der Waals surface area contributed by atoms with Crippen molar-refractivity contribution < 1.29 is 0 Å². The third-order valence-electron chi connectivity index (χ3n) is 2.32. The molecule has 0 fully saturated rings. The topological polar surface area (TPSA) is 28.7 Å². The van der Waals surface area contributed by atoms with Crippen LogP contribution in [-0.4, -0.2) is 10.2 Å². The Labute approximate surface area is 88.3 Å². The summed E-state index contributed by atoms with van der Waals surface area (Å²) in [5, 5.41) is 8.94. The van der Waals surface area contributed by atoms with Gasteiger partial charge in [-0.3, -0.25) is 5.10 Å². The lowest BCUT2D eigenvalue weighted by atomic mass is 9.86. The monoisotopic (exact) mass is 208 g/mol. The average Bonchev–Trinajstić information content (AvgIpc) is 2.48. The molecule has 14 heavy (non-hydrogen) atoms. The molecule has 1 aromatic carbocycles. The minimum Gasteiger partial charge on any atom is -0.277 e. The normalized spacial score (nSPS) is 12.3. The molecule has 0 bridgehead atoms. The van der Waals surface area contributed by atoms with Crippen molar-refractivity contribution in [1.29, 1.82) is 0 Å². The minimum atomic E-state index is 0.0309. The first kappa shape index (κ1) is 9.53. The molecule has 1 N–H and O–H groups in total. The second-order valence-electron chi connectivity index (χ2n) is 4.51. The van der Waals surface area contributed by atoms with Gasteiger partial charge in [-0.05, 0) is 17.5 Å². The van der Waals surface area contributed by atoms with E-state index in [1.165, 1.54) is 0 Å². The maximum Gasteiger partial charge on any atom is 0.0702 e. The lowest BCUT2D eigenvalue weighted by Crippen LogP contribution is -2.12. The number of nitrogens with zero attached hydrogens (tertiary/aromatic N) is 1. The van der Waals surface area contributed by atoms with Gasteiger partial charge in [-0.1, -0.05) is 32.4 Å². The molecular weight excluding hydrogens is 196 g/mol. The van der Waals surface area contributed by atoms with E-state index >= 15 is 0 Å². The van der Waals surface area contributed by atoms with E-state index in [0.29, 0.717) is 0 Å². The molecule has 2 nitrogen and oxygen atoms in total. The zero-order chi connectivity index (χ0) is 10.3. The number of hydrogen-bond acceptors (Lipinski definition) is 1. The van der Waals surface area contributed by atoms with Crippen molar-refractivity contribution in [2.24, 2.45) is 0 Å². The van der Waals surface area contributed by atoms with E-state index in [1.54, 1.807) is 0 Å². The second-order valence-corrected chi connectivity index (χ2v) is 4.91. The molecule has 3 heteroatoms. The summed E-state index contributed by atoms with van der Waals surface area (Å²) in [6, 6.07) is 3.91. The number of aromatic nitrogens is 2. The van der Waals surface area contributed by atoms with Gasteiger partial charge in [0.1, 0.15) is 0 Å². The zero-order valence-corrected chi connectivity index (χ0v) is 9.31. The van der Waals surface area contributed by atoms with Crippen LogP contribution in [-0.2, 0) is 5.41 Å². The number of aromatic amines is 1. The van der Waals surface area contributed by atoms with Crippen LogP contribution in [0.1, 0.15) is 26.3 Å². The summed E-state index contributed by atoms with van der Waals surface area (Å²) in [6.45, 7) is 6.44. The molecule has 0 aliphatic rings. The van der Waals surface area contributed by atoms with Crippen molar-refractivity contribution in [1.82, 2.24) is 10.2 Å². The third-order valence-corrected chi connectivity index (χ3v) is 2.63. The van der Waals surface area contributed by atoms with E-state index < -0.39 is 0 Å². The Bertz CT molecular complexity index is 466. The summed E-state index contributed by atoms with van der Waals surface area (Å²) in [4.78, 5) is 0. The summed E-state index contributed by atoms with van der Waals surface area (Å²) < 4.78 is 0. The van der Waals surface area contributed by atoms with Gasteiger partial charge in [-0.15, -0.1) is 0 Å². The van der Waals surface area contributed by atoms with Gasteiger partial charge >= 0.3 is 0 Å². The predicted molar refractivity (Wildman–Crippen MR) is 59.8 cm³/mol. The number of H-pyrrole nitrogens is 1. The SMILES string of the molecule is CC(C)(C)c1c(Cl)ccc2cn[nH]c12. The molecule has 74 valence electrons. The molecule has 1 aromatic heterocycles. The van der Waals surface area contributed by atoms with Crippen LogP contribution in [0.25, 0.3) is 10.9 Å². The Morgan fingerprint density at radius 1 is 1.29 bits per heavy atom. The molecule has 0 aliphatic heterocycles. The molecule has 0 aliphatic carbocycles. The van der Waals surface area contributed by atoms with E-state index in [9.17, 15) is 0 Å². The van der Waals surface area contributed by atoms with Crippen molar-refractivity contribution in [2.75, 3.05) is 0 Å². The van der Waals surface area contributed by atoms with Crippen LogP contribution in [0.4, 0.5) is 0 Å². The molecular formula is C11H13ClN2. The fourth-order valence-electron chi connectivity index (χ4n) is 1.72. The molecule has 0 unspecified atom stereocenters. The Kier molecular flexibility index (Phi) is 2.04. The van der Waals surface area contributed by atoms with Crippen LogP contribution in [0.15, 0.2) is 18.3 Å². The molecule has 0 spiro atoms. The van der Waals surface area contributed by atoms with E-state index in [-0.39, 0.29) is 5.41 Å². The first-order chi connectivity index (χ1) is 6.50. The van der Waals surface area contributed by atoms with Crippen molar-refractivity contribution in [3.05, 3.63) is 28.9 Å². The van der Waals surface area contributed by atoms with Gasteiger partial charge < -0.3 is 0 Å². The second kappa shape index (κ2) is 2.99. The Balaban J connectivity index is 2.83. The molecule has 1 heterocycles.